The van der Waals surface area contributed by atoms with Gasteiger partial charge in [-0.2, -0.15) is 4.98 Å². The summed E-state index contributed by atoms with van der Waals surface area (Å²) in [5.74, 6) is 1.56. The number of furan rings is 1. The van der Waals surface area contributed by atoms with Crippen LogP contribution in [0.3, 0.4) is 0 Å². The number of hydrogen-bond acceptors (Lipinski definition) is 5. The van der Waals surface area contributed by atoms with Gasteiger partial charge in [0.1, 0.15) is 5.76 Å². The predicted octanol–water partition coefficient (Wildman–Crippen LogP) is 2.01. The molecule has 0 radical (unpaired) electrons. The number of nitrogens with one attached hydrogen (secondary N) is 1. The number of hydrogen-bond donors (Lipinski definition) is 1. The molecule has 0 aliphatic carbocycles. The van der Waals surface area contributed by atoms with Crippen molar-refractivity contribution in [3.8, 4) is 0 Å². The molecule has 1 unspecified atom stereocenters. The Bertz CT molecular complexity index is 408. The highest BCUT2D eigenvalue weighted by Gasteiger charge is 2.09. The second kappa shape index (κ2) is 4.16. The van der Waals surface area contributed by atoms with Crippen LogP contribution in [0, 0.1) is 6.92 Å². The molecule has 0 amide bonds. The molecule has 0 bridgehead atoms. The lowest BCUT2D eigenvalue weighted by Crippen LogP contribution is -2.17. The number of aromatic nitrogens is 2. The summed E-state index contributed by atoms with van der Waals surface area (Å²) in [6.45, 7) is 3.81. The monoisotopic (exact) mass is 207 g/mol. The molecule has 15 heavy (non-hydrogen) atoms. The predicted molar refractivity (Wildman–Crippen MR) is 54.5 cm³/mol. The molecule has 5 nitrogen and oxygen atoms in total. The van der Waals surface area contributed by atoms with E-state index in [4.69, 9.17) is 8.94 Å². The molecule has 2 aromatic heterocycles. The first-order valence-electron chi connectivity index (χ1n) is 4.83. The lowest BCUT2D eigenvalue weighted by atomic mass is 10.2. The first-order valence-corrected chi connectivity index (χ1v) is 4.83. The van der Waals surface area contributed by atoms with Crippen LogP contribution in [0.25, 0.3) is 0 Å². The van der Waals surface area contributed by atoms with Gasteiger partial charge in [-0.05, 0) is 26.0 Å². The van der Waals surface area contributed by atoms with Crippen LogP contribution in [0.2, 0.25) is 0 Å². The molecule has 0 spiro atoms. The maximum absolute atomic E-state index is 5.24. The average Bonchev–Trinajstić information content (AvgIpc) is 2.77. The van der Waals surface area contributed by atoms with Crippen molar-refractivity contribution in [2.75, 3.05) is 5.32 Å². The van der Waals surface area contributed by atoms with Crippen LogP contribution >= 0.6 is 0 Å². The van der Waals surface area contributed by atoms with Crippen LogP contribution in [0.5, 0.6) is 0 Å². The Morgan fingerprint density at radius 2 is 2.40 bits per heavy atom. The standard InChI is InChI=1S/C10H13N3O2/c1-7(6-9-4-3-5-14-9)11-10-12-8(2)13-15-10/h3-5,7H,6H2,1-2H3,(H,11,12,13). The topological polar surface area (TPSA) is 64.1 Å². The largest absolute Gasteiger partial charge is 0.469 e. The average molecular weight is 207 g/mol. The Balaban J connectivity index is 1.90. The summed E-state index contributed by atoms with van der Waals surface area (Å²) in [4.78, 5) is 4.06. The van der Waals surface area contributed by atoms with Crippen LogP contribution in [0.15, 0.2) is 27.3 Å². The second-order valence-corrected chi connectivity index (χ2v) is 3.48. The number of anilines is 1. The summed E-state index contributed by atoms with van der Waals surface area (Å²) in [6.07, 6.45) is 2.45. The molecule has 1 N–H and O–H groups in total. The van der Waals surface area contributed by atoms with Gasteiger partial charge in [-0.25, -0.2) is 0 Å². The number of aryl methyl sites for hydroxylation is 1. The summed E-state index contributed by atoms with van der Waals surface area (Å²) < 4.78 is 10.2. The Morgan fingerprint density at radius 3 is 3.00 bits per heavy atom. The SMILES string of the molecule is Cc1noc(NC(C)Cc2ccco2)n1. The molecule has 0 aliphatic rings. The molecule has 0 saturated carbocycles. The van der Waals surface area contributed by atoms with Crippen LogP contribution in [0.4, 0.5) is 6.01 Å². The molecule has 0 aliphatic heterocycles. The zero-order chi connectivity index (χ0) is 10.7. The molecule has 2 rings (SSSR count). The van der Waals surface area contributed by atoms with E-state index >= 15 is 0 Å². The minimum atomic E-state index is 0.191. The van der Waals surface area contributed by atoms with Gasteiger partial charge >= 0.3 is 6.01 Å². The summed E-state index contributed by atoms with van der Waals surface area (Å²) in [5, 5.41) is 6.80. The fourth-order valence-corrected chi connectivity index (χ4v) is 1.35. The maximum Gasteiger partial charge on any atom is 0.321 e. The first-order chi connectivity index (χ1) is 7.24. The zero-order valence-corrected chi connectivity index (χ0v) is 8.73. The van der Waals surface area contributed by atoms with Crippen molar-refractivity contribution in [3.05, 3.63) is 30.0 Å². The molecule has 80 valence electrons. The summed E-state index contributed by atoms with van der Waals surface area (Å²) in [7, 11) is 0. The van der Waals surface area contributed by atoms with E-state index in [1.54, 1.807) is 13.2 Å². The molecule has 1 atom stereocenters. The van der Waals surface area contributed by atoms with Gasteiger partial charge in [0.2, 0.25) is 0 Å². The van der Waals surface area contributed by atoms with Crippen molar-refractivity contribution in [2.45, 2.75) is 26.3 Å². The molecular weight excluding hydrogens is 194 g/mol. The van der Waals surface area contributed by atoms with E-state index in [1.807, 2.05) is 19.1 Å². The molecular formula is C10H13N3O2. The summed E-state index contributed by atoms with van der Waals surface area (Å²) >= 11 is 0. The van der Waals surface area contributed by atoms with E-state index in [1.165, 1.54) is 0 Å². The lowest BCUT2D eigenvalue weighted by molar-refractivity contribution is 0.419. The van der Waals surface area contributed by atoms with Crippen LogP contribution in [-0.4, -0.2) is 16.2 Å². The van der Waals surface area contributed by atoms with Gasteiger partial charge in [-0.15, -0.1) is 0 Å². The van der Waals surface area contributed by atoms with Gasteiger partial charge in [-0.3, -0.25) is 0 Å². The Kier molecular flexibility index (Phi) is 2.71. The van der Waals surface area contributed by atoms with Gasteiger partial charge in [-0.1, -0.05) is 5.16 Å². The van der Waals surface area contributed by atoms with Crippen molar-refractivity contribution >= 4 is 6.01 Å². The van der Waals surface area contributed by atoms with Gasteiger partial charge in [0.25, 0.3) is 0 Å². The fourth-order valence-electron chi connectivity index (χ4n) is 1.35. The highest BCUT2D eigenvalue weighted by Crippen LogP contribution is 2.09. The molecule has 0 aromatic carbocycles. The molecule has 0 saturated heterocycles. The summed E-state index contributed by atoms with van der Waals surface area (Å²) in [6, 6.07) is 4.46. The van der Waals surface area contributed by atoms with E-state index in [0.29, 0.717) is 11.8 Å². The van der Waals surface area contributed by atoms with E-state index < -0.39 is 0 Å². The molecule has 2 heterocycles. The quantitative estimate of drug-likeness (QED) is 0.830. The van der Waals surface area contributed by atoms with E-state index in [-0.39, 0.29) is 6.04 Å². The highest BCUT2D eigenvalue weighted by molar-refractivity contribution is 5.20. The Hall–Kier alpha value is -1.78. The Labute approximate surface area is 87.5 Å². The Morgan fingerprint density at radius 1 is 1.53 bits per heavy atom. The maximum atomic E-state index is 5.24. The molecule has 0 fully saturated rings. The van der Waals surface area contributed by atoms with Crippen molar-refractivity contribution in [1.82, 2.24) is 10.1 Å². The van der Waals surface area contributed by atoms with E-state index in [2.05, 4.69) is 15.5 Å². The van der Waals surface area contributed by atoms with E-state index in [9.17, 15) is 0 Å². The van der Waals surface area contributed by atoms with Gasteiger partial charge in [0, 0.05) is 12.5 Å². The molecule has 5 heteroatoms. The smallest absolute Gasteiger partial charge is 0.321 e. The minimum Gasteiger partial charge on any atom is -0.469 e. The van der Waals surface area contributed by atoms with Crippen LogP contribution in [-0.2, 0) is 6.42 Å². The number of nitrogens with zero attached hydrogens (tertiary/aromatic N) is 2. The van der Waals surface area contributed by atoms with E-state index in [0.717, 1.165) is 12.2 Å². The van der Waals surface area contributed by atoms with Crippen molar-refractivity contribution in [1.29, 1.82) is 0 Å². The third kappa shape index (κ3) is 2.59. The van der Waals surface area contributed by atoms with Gasteiger partial charge < -0.3 is 14.3 Å². The van der Waals surface area contributed by atoms with Crippen molar-refractivity contribution in [3.63, 3.8) is 0 Å². The van der Waals surface area contributed by atoms with Gasteiger partial charge in [0.15, 0.2) is 5.82 Å². The van der Waals surface area contributed by atoms with Crippen molar-refractivity contribution < 1.29 is 8.94 Å². The summed E-state index contributed by atoms with van der Waals surface area (Å²) in [5.41, 5.74) is 0. The zero-order valence-electron chi connectivity index (χ0n) is 8.73. The fraction of sp³-hybridized carbons (Fsp3) is 0.400. The normalized spacial score (nSPS) is 12.7. The minimum absolute atomic E-state index is 0.191. The third-order valence-electron chi connectivity index (χ3n) is 1.98. The van der Waals surface area contributed by atoms with Gasteiger partial charge in [0.05, 0.1) is 6.26 Å². The molecule has 2 aromatic rings. The van der Waals surface area contributed by atoms with Crippen molar-refractivity contribution in [2.24, 2.45) is 0 Å². The second-order valence-electron chi connectivity index (χ2n) is 3.48. The van der Waals surface area contributed by atoms with Crippen LogP contribution < -0.4 is 5.32 Å². The lowest BCUT2D eigenvalue weighted by Gasteiger charge is -2.08. The third-order valence-corrected chi connectivity index (χ3v) is 1.98. The van der Waals surface area contributed by atoms with Crippen LogP contribution in [0.1, 0.15) is 18.5 Å². The number of rotatable bonds is 4. The first kappa shape index (κ1) is 9.76. The highest BCUT2D eigenvalue weighted by atomic mass is 16.5.